The molecule has 1 aromatic heterocycles. The summed E-state index contributed by atoms with van der Waals surface area (Å²) >= 11 is 0. The smallest absolute Gasteiger partial charge is 0.265 e. The highest BCUT2D eigenvalue weighted by Crippen LogP contribution is 2.25. The predicted molar refractivity (Wildman–Crippen MR) is 118 cm³/mol. The average molecular weight is 447 g/mol. The highest BCUT2D eigenvalue weighted by Gasteiger charge is 2.33. The van der Waals surface area contributed by atoms with E-state index in [2.05, 4.69) is 17.4 Å². The summed E-state index contributed by atoms with van der Waals surface area (Å²) < 4.78 is 28.5. The van der Waals surface area contributed by atoms with Gasteiger partial charge in [0, 0.05) is 38.8 Å². The zero-order chi connectivity index (χ0) is 22.4. The summed E-state index contributed by atoms with van der Waals surface area (Å²) in [5.74, 6) is -0.867. The predicted octanol–water partition coefficient (Wildman–Crippen LogP) is 1.66. The first-order valence-corrected chi connectivity index (χ1v) is 12.0. The molecule has 31 heavy (non-hydrogen) atoms. The molecule has 1 aliphatic rings. The maximum absolute atomic E-state index is 12.9. The minimum Gasteiger partial charge on any atom is -0.364 e. The summed E-state index contributed by atoms with van der Waals surface area (Å²) in [6.45, 7) is 1.18. The molecular formula is C22H30N4O4S. The number of piperidine rings is 1. The molecule has 3 rings (SSSR count). The van der Waals surface area contributed by atoms with E-state index in [0.717, 1.165) is 19.3 Å². The van der Waals surface area contributed by atoms with E-state index in [9.17, 15) is 18.0 Å². The molecule has 0 aliphatic carbocycles. The molecule has 1 aliphatic heterocycles. The minimum atomic E-state index is -3.72. The van der Waals surface area contributed by atoms with Crippen molar-refractivity contribution in [2.45, 2.75) is 37.0 Å². The standard InChI is InChI=1S/C22H30N4O4S/c1-25-16-19(15-20(25)21(23)27)31(29,30)26-13-10-18(11-14-26)22(28)24-12-6-5-9-17-7-3-2-4-8-17/h2-4,7-8,15-16,18H,5-6,9-14H2,1H3,(H2,23,27)(H,24,28). The summed E-state index contributed by atoms with van der Waals surface area (Å²) in [6.07, 6.45) is 5.25. The summed E-state index contributed by atoms with van der Waals surface area (Å²) in [5, 5.41) is 2.99. The Morgan fingerprint density at radius 1 is 1.13 bits per heavy atom. The van der Waals surface area contributed by atoms with E-state index in [-0.39, 0.29) is 35.5 Å². The summed E-state index contributed by atoms with van der Waals surface area (Å²) in [4.78, 5) is 23.9. The quantitative estimate of drug-likeness (QED) is 0.570. The zero-order valence-corrected chi connectivity index (χ0v) is 18.6. The number of carbonyl (C=O) groups is 2. The third-order valence-corrected chi connectivity index (χ3v) is 7.59. The first kappa shape index (κ1) is 23.0. The first-order chi connectivity index (χ1) is 14.8. The number of carbonyl (C=O) groups excluding carboxylic acids is 2. The van der Waals surface area contributed by atoms with Crippen LogP contribution in [0.2, 0.25) is 0 Å². The molecule has 3 N–H and O–H groups in total. The van der Waals surface area contributed by atoms with Gasteiger partial charge in [-0.15, -0.1) is 0 Å². The number of amides is 2. The lowest BCUT2D eigenvalue weighted by atomic mass is 9.97. The maximum atomic E-state index is 12.9. The molecule has 0 atom stereocenters. The van der Waals surface area contributed by atoms with Crippen molar-refractivity contribution in [2.75, 3.05) is 19.6 Å². The number of benzene rings is 1. The normalized spacial score (nSPS) is 15.6. The van der Waals surface area contributed by atoms with Gasteiger partial charge in [-0.3, -0.25) is 9.59 Å². The number of rotatable bonds is 9. The number of primary amides is 1. The molecule has 0 saturated carbocycles. The Bertz CT molecular complexity index is 1010. The van der Waals surface area contributed by atoms with Crippen LogP contribution in [-0.4, -0.2) is 48.7 Å². The van der Waals surface area contributed by atoms with E-state index in [4.69, 9.17) is 5.73 Å². The van der Waals surface area contributed by atoms with Crippen LogP contribution >= 0.6 is 0 Å². The van der Waals surface area contributed by atoms with Gasteiger partial charge in [0.05, 0.1) is 0 Å². The molecule has 2 heterocycles. The lowest BCUT2D eigenvalue weighted by Crippen LogP contribution is -2.43. The Hall–Kier alpha value is -2.65. The number of unbranched alkanes of at least 4 members (excludes halogenated alkanes) is 1. The van der Waals surface area contributed by atoms with E-state index in [1.54, 1.807) is 7.05 Å². The molecule has 2 aromatic rings. The van der Waals surface area contributed by atoms with Gasteiger partial charge in [-0.25, -0.2) is 8.42 Å². The fourth-order valence-electron chi connectivity index (χ4n) is 3.88. The Morgan fingerprint density at radius 3 is 2.42 bits per heavy atom. The molecule has 0 spiro atoms. The van der Waals surface area contributed by atoms with Gasteiger partial charge in [-0.1, -0.05) is 30.3 Å². The highest BCUT2D eigenvalue weighted by molar-refractivity contribution is 7.89. The minimum absolute atomic E-state index is 0.00696. The summed E-state index contributed by atoms with van der Waals surface area (Å²) in [7, 11) is -2.15. The Kier molecular flexibility index (Phi) is 7.50. The number of hydrogen-bond donors (Lipinski definition) is 2. The lowest BCUT2D eigenvalue weighted by Gasteiger charge is -2.30. The fraction of sp³-hybridized carbons (Fsp3) is 0.455. The maximum Gasteiger partial charge on any atom is 0.265 e. The molecule has 9 heteroatoms. The molecule has 168 valence electrons. The van der Waals surface area contributed by atoms with Crippen molar-refractivity contribution in [1.29, 1.82) is 0 Å². The van der Waals surface area contributed by atoms with Crippen LogP contribution in [0.3, 0.4) is 0 Å². The van der Waals surface area contributed by atoms with Crippen molar-refractivity contribution in [3.05, 3.63) is 53.9 Å². The molecule has 2 amide bonds. The van der Waals surface area contributed by atoms with Crippen molar-refractivity contribution in [1.82, 2.24) is 14.2 Å². The summed E-state index contributed by atoms with van der Waals surface area (Å²) in [5.41, 5.74) is 6.71. The molecule has 0 radical (unpaired) electrons. The van der Waals surface area contributed by atoms with Crippen molar-refractivity contribution in [3.63, 3.8) is 0 Å². The second-order valence-corrected chi connectivity index (χ2v) is 9.89. The summed E-state index contributed by atoms with van der Waals surface area (Å²) in [6, 6.07) is 11.6. The van der Waals surface area contributed by atoms with Crippen LogP contribution in [0, 0.1) is 5.92 Å². The van der Waals surface area contributed by atoms with Crippen LogP contribution < -0.4 is 11.1 Å². The molecule has 0 bridgehead atoms. The highest BCUT2D eigenvalue weighted by atomic mass is 32.2. The number of sulfonamides is 1. The Labute approximate surface area is 183 Å². The van der Waals surface area contributed by atoms with Gasteiger partial charge in [0.1, 0.15) is 10.6 Å². The van der Waals surface area contributed by atoms with E-state index in [1.165, 1.54) is 26.7 Å². The van der Waals surface area contributed by atoms with Crippen LogP contribution in [-0.2, 0) is 28.3 Å². The number of hydrogen-bond acceptors (Lipinski definition) is 4. The van der Waals surface area contributed by atoms with Gasteiger partial charge in [-0.2, -0.15) is 4.31 Å². The number of nitrogens with zero attached hydrogens (tertiary/aromatic N) is 2. The molecule has 1 saturated heterocycles. The van der Waals surface area contributed by atoms with E-state index < -0.39 is 15.9 Å². The first-order valence-electron chi connectivity index (χ1n) is 10.6. The molecule has 1 aromatic carbocycles. The van der Waals surface area contributed by atoms with Gasteiger partial charge < -0.3 is 15.6 Å². The van der Waals surface area contributed by atoms with Gasteiger partial charge >= 0.3 is 0 Å². The Morgan fingerprint density at radius 2 is 1.81 bits per heavy atom. The van der Waals surface area contributed by atoms with Gasteiger partial charge in [0.25, 0.3) is 5.91 Å². The van der Waals surface area contributed by atoms with Crippen LogP contribution in [0.25, 0.3) is 0 Å². The van der Waals surface area contributed by atoms with Gasteiger partial charge in [-0.05, 0) is 43.7 Å². The molecule has 0 unspecified atom stereocenters. The number of aryl methyl sites for hydroxylation is 2. The molecule has 8 nitrogen and oxygen atoms in total. The van der Waals surface area contributed by atoms with E-state index >= 15 is 0 Å². The SMILES string of the molecule is Cn1cc(S(=O)(=O)N2CCC(C(=O)NCCCCc3ccccc3)CC2)cc1C(N)=O. The van der Waals surface area contributed by atoms with Crippen LogP contribution in [0.5, 0.6) is 0 Å². The van der Waals surface area contributed by atoms with Crippen LogP contribution in [0.4, 0.5) is 0 Å². The third kappa shape index (κ3) is 5.74. The topological polar surface area (TPSA) is 114 Å². The second kappa shape index (κ2) is 10.1. The van der Waals surface area contributed by atoms with Gasteiger partial charge in [0.2, 0.25) is 15.9 Å². The molecular weight excluding hydrogens is 416 g/mol. The number of nitrogens with one attached hydrogen (secondary N) is 1. The Balaban J connectivity index is 1.43. The zero-order valence-electron chi connectivity index (χ0n) is 17.8. The van der Waals surface area contributed by atoms with Crippen molar-refractivity contribution in [3.8, 4) is 0 Å². The van der Waals surface area contributed by atoms with Crippen LogP contribution in [0.1, 0.15) is 41.7 Å². The third-order valence-electron chi connectivity index (χ3n) is 5.73. The second-order valence-electron chi connectivity index (χ2n) is 7.95. The van der Waals surface area contributed by atoms with E-state index in [1.807, 2.05) is 18.2 Å². The number of nitrogens with two attached hydrogens (primary N) is 1. The van der Waals surface area contributed by atoms with Crippen molar-refractivity contribution in [2.24, 2.45) is 18.7 Å². The van der Waals surface area contributed by atoms with Gasteiger partial charge in [0.15, 0.2) is 0 Å². The fourth-order valence-corrected chi connectivity index (χ4v) is 5.42. The van der Waals surface area contributed by atoms with Crippen molar-refractivity contribution >= 4 is 21.8 Å². The largest absolute Gasteiger partial charge is 0.364 e. The van der Waals surface area contributed by atoms with E-state index in [0.29, 0.717) is 19.4 Å². The average Bonchev–Trinajstić information content (AvgIpc) is 3.17. The van der Waals surface area contributed by atoms with Crippen LogP contribution in [0.15, 0.2) is 47.5 Å². The monoisotopic (exact) mass is 446 g/mol. The number of aromatic nitrogens is 1. The van der Waals surface area contributed by atoms with Crippen molar-refractivity contribution < 1.29 is 18.0 Å². The molecule has 1 fully saturated rings. The lowest BCUT2D eigenvalue weighted by molar-refractivity contribution is -0.126.